The van der Waals surface area contributed by atoms with Crippen molar-refractivity contribution in [2.75, 3.05) is 13.2 Å². The largest absolute Gasteiger partial charge is 0.491 e. The second-order valence-corrected chi connectivity index (χ2v) is 6.59. The van der Waals surface area contributed by atoms with Gasteiger partial charge in [-0.1, -0.05) is 18.2 Å². The van der Waals surface area contributed by atoms with E-state index in [1.165, 1.54) is 35.2 Å². The van der Waals surface area contributed by atoms with E-state index in [0.717, 1.165) is 11.9 Å². The zero-order chi connectivity index (χ0) is 19.2. The molecule has 142 valence electrons. The molecule has 2 aromatic carbocycles. The molecule has 7 heteroatoms. The van der Waals surface area contributed by atoms with E-state index in [4.69, 9.17) is 4.74 Å². The van der Waals surface area contributed by atoms with Crippen LogP contribution in [0.3, 0.4) is 0 Å². The first-order valence-corrected chi connectivity index (χ1v) is 8.86. The normalized spacial score (nSPS) is 13.4. The standard InChI is InChI=1S/C20H23N3O4/c1-14(10-15-11-22-20-5-3-2-4-19(15)20)21-12-17(24)13-27-18-8-6-16(7-9-18)23(25)26/h2-9,11,14,17,21-22,24H,10,12-13H2,1H3/t14-,17-/m1/s1. The van der Waals surface area contributed by atoms with Crippen LogP contribution in [-0.4, -0.2) is 40.3 Å². The third kappa shape index (κ3) is 5.06. The lowest BCUT2D eigenvalue weighted by Crippen LogP contribution is -2.37. The summed E-state index contributed by atoms with van der Waals surface area (Å²) in [5.41, 5.74) is 2.37. The van der Waals surface area contributed by atoms with Gasteiger partial charge >= 0.3 is 0 Å². The van der Waals surface area contributed by atoms with Crippen LogP contribution < -0.4 is 10.1 Å². The highest BCUT2D eigenvalue weighted by Gasteiger charge is 2.11. The summed E-state index contributed by atoms with van der Waals surface area (Å²) in [6, 6.07) is 14.2. The van der Waals surface area contributed by atoms with Gasteiger partial charge in [-0.05, 0) is 37.1 Å². The number of fused-ring (bicyclic) bond motifs is 1. The molecule has 0 aliphatic heterocycles. The number of aliphatic hydroxyl groups is 1. The molecule has 0 spiro atoms. The first kappa shape index (κ1) is 18.9. The summed E-state index contributed by atoms with van der Waals surface area (Å²) in [5.74, 6) is 0.492. The maximum absolute atomic E-state index is 10.6. The van der Waals surface area contributed by atoms with Gasteiger partial charge in [0.25, 0.3) is 5.69 Å². The third-order valence-corrected chi connectivity index (χ3v) is 4.39. The number of nitro groups is 1. The molecule has 3 N–H and O–H groups in total. The molecule has 7 nitrogen and oxygen atoms in total. The quantitative estimate of drug-likeness (QED) is 0.398. The Labute approximate surface area is 157 Å². The van der Waals surface area contributed by atoms with Gasteiger partial charge in [-0.15, -0.1) is 0 Å². The molecule has 0 radical (unpaired) electrons. The van der Waals surface area contributed by atoms with Gasteiger partial charge in [0, 0.05) is 41.8 Å². The lowest BCUT2D eigenvalue weighted by molar-refractivity contribution is -0.384. The van der Waals surface area contributed by atoms with Crippen LogP contribution in [0.4, 0.5) is 5.69 Å². The molecule has 1 heterocycles. The fourth-order valence-corrected chi connectivity index (χ4v) is 2.96. The summed E-state index contributed by atoms with van der Waals surface area (Å²) < 4.78 is 5.48. The van der Waals surface area contributed by atoms with Crippen molar-refractivity contribution < 1.29 is 14.8 Å². The van der Waals surface area contributed by atoms with E-state index < -0.39 is 11.0 Å². The van der Waals surface area contributed by atoms with Crippen molar-refractivity contribution in [1.82, 2.24) is 10.3 Å². The van der Waals surface area contributed by atoms with Gasteiger partial charge in [0.05, 0.1) is 4.92 Å². The molecule has 0 amide bonds. The number of nitrogens with one attached hydrogen (secondary N) is 2. The van der Waals surface area contributed by atoms with Gasteiger partial charge in [0.2, 0.25) is 0 Å². The zero-order valence-corrected chi connectivity index (χ0v) is 15.1. The molecular weight excluding hydrogens is 346 g/mol. The number of nitro benzene ring substituents is 1. The number of H-pyrrole nitrogens is 1. The maximum atomic E-state index is 10.6. The van der Waals surface area contributed by atoms with Gasteiger partial charge < -0.3 is 20.1 Å². The monoisotopic (exact) mass is 369 g/mol. The third-order valence-electron chi connectivity index (χ3n) is 4.39. The number of benzene rings is 2. The maximum Gasteiger partial charge on any atom is 0.269 e. The van der Waals surface area contributed by atoms with E-state index in [0.29, 0.717) is 12.3 Å². The first-order valence-electron chi connectivity index (χ1n) is 8.86. The minimum absolute atomic E-state index is 0.00988. The number of aromatic amines is 1. The summed E-state index contributed by atoms with van der Waals surface area (Å²) in [6.45, 7) is 2.59. The zero-order valence-electron chi connectivity index (χ0n) is 15.1. The highest BCUT2D eigenvalue weighted by atomic mass is 16.6. The molecule has 1 aromatic heterocycles. The number of aromatic nitrogens is 1. The van der Waals surface area contributed by atoms with Crippen LogP contribution >= 0.6 is 0 Å². The second kappa shape index (κ2) is 8.66. The molecule has 0 aliphatic rings. The molecule has 0 aliphatic carbocycles. The second-order valence-electron chi connectivity index (χ2n) is 6.59. The predicted octanol–water partition coefficient (Wildman–Crippen LogP) is 3.04. The Kier molecular flexibility index (Phi) is 6.05. The Bertz CT molecular complexity index is 892. The van der Waals surface area contributed by atoms with Crippen LogP contribution in [0.25, 0.3) is 10.9 Å². The van der Waals surface area contributed by atoms with Crippen molar-refractivity contribution in [3.8, 4) is 5.75 Å². The summed E-state index contributed by atoms with van der Waals surface area (Å²) in [6.07, 6.45) is 2.20. The highest BCUT2D eigenvalue weighted by Crippen LogP contribution is 2.19. The molecule has 2 atom stereocenters. The van der Waals surface area contributed by atoms with Crippen LogP contribution in [0.2, 0.25) is 0 Å². The van der Waals surface area contributed by atoms with Crippen molar-refractivity contribution >= 4 is 16.6 Å². The van der Waals surface area contributed by atoms with Gasteiger partial charge in [-0.25, -0.2) is 0 Å². The number of hydrogen-bond donors (Lipinski definition) is 3. The molecule has 3 rings (SSSR count). The van der Waals surface area contributed by atoms with Crippen LogP contribution in [-0.2, 0) is 6.42 Å². The van der Waals surface area contributed by atoms with E-state index in [9.17, 15) is 15.2 Å². The van der Waals surface area contributed by atoms with Crippen LogP contribution in [0.1, 0.15) is 12.5 Å². The van der Waals surface area contributed by atoms with Crippen LogP contribution in [0, 0.1) is 10.1 Å². The molecule has 0 unspecified atom stereocenters. The van der Waals surface area contributed by atoms with Gasteiger partial charge in [-0.2, -0.15) is 0 Å². The summed E-state index contributed by atoms with van der Waals surface area (Å²) in [4.78, 5) is 13.4. The van der Waals surface area contributed by atoms with Crippen molar-refractivity contribution in [1.29, 1.82) is 0 Å². The van der Waals surface area contributed by atoms with Gasteiger partial charge in [0.15, 0.2) is 0 Å². The summed E-state index contributed by atoms with van der Waals surface area (Å²) in [7, 11) is 0. The lowest BCUT2D eigenvalue weighted by Gasteiger charge is -2.17. The Balaban J connectivity index is 1.43. The molecule has 27 heavy (non-hydrogen) atoms. The highest BCUT2D eigenvalue weighted by molar-refractivity contribution is 5.83. The minimum atomic E-state index is -0.675. The average Bonchev–Trinajstić information content (AvgIpc) is 3.08. The molecule has 3 aromatic rings. The topological polar surface area (TPSA) is 100 Å². The number of nitrogens with zero attached hydrogens (tertiary/aromatic N) is 1. The molecule has 0 fully saturated rings. The smallest absolute Gasteiger partial charge is 0.269 e. The molecule has 0 bridgehead atoms. The average molecular weight is 369 g/mol. The van der Waals surface area contributed by atoms with Crippen molar-refractivity contribution in [3.63, 3.8) is 0 Å². The molecule has 0 saturated carbocycles. The van der Waals surface area contributed by atoms with E-state index in [-0.39, 0.29) is 18.3 Å². The van der Waals surface area contributed by atoms with E-state index >= 15 is 0 Å². The fraction of sp³-hybridized carbons (Fsp3) is 0.300. The van der Waals surface area contributed by atoms with Crippen LogP contribution in [0.15, 0.2) is 54.7 Å². The number of hydrogen-bond acceptors (Lipinski definition) is 5. The Morgan fingerprint density at radius 2 is 1.96 bits per heavy atom. The number of non-ortho nitro benzene ring substituents is 1. The summed E-state index contributed by atoms with van der Waals surface area (Å²) in [5, 5.41) is 25.3. The SMILES string of the molecule is C[C@H](Cc1c[nH]c2ccccc12)NC[C@@H](O)COc1ccc([N+](=O)[O-])cc1. The van der Waals surface area contributed by atoms with Crippen molar-refractivity contribution in [2.24, 2.45) is 0 Å². The first-order chi connectivity index (χ1) is 13.0. The number of aliphatic hydroxyl groups excluding tert-OH is 1. The minimum Gasteiger partial charge on any atom is -0.491 e. The molecular formula is C20H23N3O4. The Hall–Kier alpha value is -2.90. The predicted molar refractivity (Wildman–Crippen MR) is 104 cm³/mol. The van der Waals surface area contributed by atoms with Crippen molar-refractivity contribution in [2.45, 2.75) is 25.5 Å². The molecule has 0 saturated heterocycles. The van der Waals surface area contributed by atoms with Crippen molar-refractivity contribution in [3.05, 3.63) is 70.4 Å². The lowest BCUT2D eigenvalue weighted by atomic mass is 10.1. The van der Waals surface area contributed by atoms with E-state index in [1.54, 1.807) is 0 Å². The Morgan fingerprint density at radius 3 is 2.70 bits per heavy atom. The number of para-hydroxylation sites is 1. The van der Waals surface area contributed by atoms with E-state index in [1.807, 2.05) is 18.3 Å². The fourth-order valence-electron chi connectivity index (χ4n) is 2.96. The van der Waals surface area contributed by atoms with Gasteiger partial charge in [0.1, 0.15) is 18.5 Å². The Morgan fingerprint density at radius 1 is 1.22 bits per heavy atom. The van der Waals surface area contributed by atoms with Gasteiger partial charge in [-0.3, -0.25) is 10.1 Å². The van der Waals surface area contributed by atoms with Crippen LogP contribution in [0.5, 0.6) is 5.75 Å². The number of ether oxygens (including phenoxy) is 1. The van der Waals surface area contributed by atoms with E-state index in [2.05, 4.69) is 29.4 Å². The summed E-state index contributed by atoms with van der Waals surface area (Å²) >= 11 is 0. The number of rotatable bonds is 9.